The van der Waals surface area contributed by atoms with Crippen molar-refractivity contribution >= 4 is 17.8 Å². The lowest BCUT2D eigenvalue weighted by molar-refractivity contribution is -0.140. The second-order valence-electron chi connectivity index (χ2n) is 8.59. The van der Waals surface area contributed by atoms with Crippen molar-refractivity contribution in [3.8, 4) is 0 Å². The van der Waals surface area contributed by atoms with Crippen molar-refractivity contribution in [2.24, 2.45) is 11.8 Å². The van der Waals surface area contributed by atoms with Crippen LogP contribution in [-0.2, 0) is 14.3 Å². The molecule has 1 saturated heterocycles. The third-order valence-electron chi connectivity index (χ3n) is 7.10. The number of imide groups is 1. The Balaban J connectivity index is 1.28. The molecule has 3 aliphatic carbocycles. The fourth-order valence-corrected chi connectivity index (χ4v) is 5.85. The van der Waals surface area contributed by atoms with Gasteiger partial charge in [0.25, 0.3) is 0 Å². The number of nitrogens with zero attached hydrogens (tertiary/aromatic N) is 1. The number of amides is 2. The van der Waals surface area contributed by atoms with Gasteiger partial charge < -0.3 is 4.74 Å². The zero-order chi connectivity index (χ0) is 21.8. The minimum atomic E-state index is -0.456. The normalized spacial score (nSPS) is 24.7. The number of likely N-dealkylation sites (tertiary alicyclic amines) is 1. The quantitative estimate of drug-likeness (QED) is 0.474. The summed E-state index contributed by atoms with van der Waals surface area (Å²) in [6, 6.07) is 25.0. The van der Waals surface area contributed by atoms with Crippen molar-refractivity contribution in [2.75, 3.05) is 13.2 Å². The van der Waals surface area contributed by atoms with E-state index in [1.165, 1.54) is 4.90 Å². The SMILES string of the molecule is O=C(OCCN1C(=O)[C@@H]2C3c4ccccc4C(c4ccccc43)[C@@H]2C1=O)c1ccccc1. The van der Waals surface area contributed by atoms with Crippen molar-refractivity contribution < 1.29 is 19.1 Å². The molecular weight excluding hydrogens is 402 g/mol. The Labute approximate surface area is 185 Å². The van der Waals surface area contributed by atoms with E-state index in [0.29, 0.717) is 5.56 Å². The second kappa shape index (κ2) is 7.16. The van der Waals surface area contributed by atoms with E-state index in [4.69, 9.17) is 4.74 Å². The molecule has 4 aliphatic rings. The summed E-state index contributed by atoms with van der Waals surface area (Å²) in [6.07, 6.45) is 0. The number of benzene rings is 3. The number of ether oxygens (including phenoxy) is 1. The standard InChI is InChI=1S/C27H21NO4/c29-25-23-21-17-10-4-5-11-18(17)22(20-13-7-6-12-19(20)21)24(23)26(30)28(25)14-15-32-27(31)16-8-2-1-3-9-16/h1-13,21-24H,14-15H2/t21?,22?,23-,24+. The minimum Gasteiger partial charge on any atom is -0.460 e. The summed E-state index contributed by atoms with van der Waals surface area (Å²) in [5.74, 6) is -1.81. The van der Waals surface area contributed by atoms with Gasteiger partial charge in [0.1, 0.15) is 6.61 Å². The van der Waals surface area contributed by atoms with Crippen LogP contribution >= 0.6 is 0 Å². The molecule has 0 N–H and O–H groups in total. The lowest BCUT2D eigenvalue weighted by Crippen LogP contribution is -2.41. The molecule has 0 unspecified atom stereocenters. The summed E-state index contributed by atoms with van der Waals surface area (Å²) in [5.41, 5.74) is 5.04. The Kier molecular flexibility index (Phi) is 4.25. The topological polar surface area (TPSA) is 63.7 Å². The number of hydrogen-bond acceptors (Lipinski definition) is 4. The first kappa shape index (κ1) is 19.0. The Morgan fingerprint density at radius 2 is 1.12 bits per heavy atom. The average molecular weight is 423 g/mol. The van der Waals surface area contributed by atoms with Crippen LogP contribution < -0.4 is 0 Å². The summed E-state index contributed by atoms with van der Waals surface area (Å²) in [6.45, 7) is 0.0647. The Hall–Kier alpha value is -3.73. The summed E-state index contributed by atoms with van der Waals surface area (Å²) >= 11 is 0. The molecule has 1 aliphatic heterocycles. The van der Waals surface area contributed by atoms with E-state index < -0.39 is 17.8 Å². The van der Waals surface area contributed by atoms with Crippen molar-refractivity contribution in [1.82, 2.24) is 4.90 Å². The highest BCUT2D eigenvalue weighted by molar-refractivity contribution is 6.07. The molecule has 3 aromatic carbocycles. The minimum absolute atomic E-state index is 0.0140. The van der Waals surface area contributed by atoms with Crippen molar-refractivity contribution in [3.05, 3.63) is 107 Å². The third-order valence-corrected chi connectivity index (χ3v) is 7.10. The molecule has 32 heavy (non-hydrogen) atoms. The summed E-state index contributed by atoms with van der Waals surface area (Å²) in [5, 5.41) is 0. The highest BCUT2D eigenvalue weighted by Crippen LogP contribution is 2.60. The molecule has 0 aromatic heterocycles. The summed E-state index contributed by atoms with van der Waals surface area (Å²) in [7, 11) is 0. The largest absolute Gasteiger partial charge is 0.460 e. The molecule has 0 saturated carbocycles. The molecule has 3 aromatic rings. The molecule has 1 fully saturated rings. The molecule has 158 valence electrons. The Bertz CT molecular complexity index is 1140. The molecule has 1 heterocycles. The van der Waals surface area contributed by atoms with E-state index in [1.807, 2.05) is 30.3 Å². The van der Waals surface area contributed by atoms with Gasteiger partial charge in [-0.2, -0.15) is 0 Å². The van der Waals surface area contributed by atoms with Crippen molar-refractivity contribution in [1.29, 1.82) is 0 Å². The first-order valence-corrected chi connectivity index (χ1v) is 10.9. The number of hydrogen-bond donors (Lipinski definition) is 0. The fraction of sp³-hybridized carbons (Fsp3) is 0.222. The van der Waals surface area contributed by atoms with Gasteiger partial charge >= 0.3 is 5.97 Å². The van der Waals surface area contributed by atoms with Gasteiger partial charge in [-0.15, -0.1) is 0 Å². The average Bonchev–Trinajstić information content (AvgIpc) is 3.10. The Morgan fingerprint density at radius 1 is 0.688 bits per heavy atom. The van der Waals surface area contributed by atoms with Crippen LogP contribution in [0.2, 0.25) is 0 Å². The van der Waals surface area contributed by atoms with Crippen LogP contribution in [0.3, 0.4) is 0 Å². The van der Waals surface area contributed by atoms with Crippen molar-refractivity contribution in [3.63, 3.8) is 0 Å². The van der Waals surface area contributed by atoms with Gasteiger partial charge in [0.2, 0.25) is 11.8 Å². The van der Waals surface area contributed by atoms with Gasteiger partial charge in [-0.3, -0.25) is 14.5 Å². The maximum Gasteiger partial charge on any atom is 0.338 e. The van der Waals surface area contributed by atoms with Gasteiger partial charge in [-0.1, -0.05) is 66.7 Å². The van der Waals surface area contributed by atoms with E-state index in [1.54, 1.807) is 24.3 Å². The summed E-state index contributed by atoms with van der Waals surface area (Å²) in [4.78, 5) is 40.5. The fourth-order valence-electron chi connectivity index (χ4n) is 5.85. The molecule has 2 atom stereocenters. The van der Waals surface area contributed by atoms with E-state index in [0.717, 1.165) is 22.3 Å². The molecule has 5 nitrogen and oxygen atoms in total. The molecule has 5 heteroatoms. The number of rotatable bonds is 4. The second-order valence-corrected chi connectivity index (χ2v) is 8.59. The number of esters is 1. The van der Waals surface area contributed by atoms with Crippen LogP contribution in [0.1, 0.15) is 44.4 Å². The van der Waals surface area contributed by atoms with Crippen molar-refractivity contribution in [2.45, 2.75) is 11.8 Å². The van der Waals surface area contributed by atoms with E-state index in [9.17, 15) is 14.4 Å². The van der Waals surface area contributed by atoms with Gasteiger partial charge in [0.05, 0.1) is 23.9 Å². The van der Waals surface area contributed by atoms with Gasteiger partial charge in [0.15, 0.2) is 0 Å². The highest BCUT2D eigenvalue weighted by atomic mass is 16.5. The number of carbonyl (C=O) groups is 3. The first-order valence-electron chi connectivity index (χ1n) is 10.9. The summed E-state index contributed by atoms with van der Waals surface area (Å²) < 4.78 is 5.35. The Morgan fingerprint density at radius 3 is 1.59 bits per heavy atom. The van der Waals surface area contributed by atoms with Crippen LogP contribution in [0.4, 0.5) is 0 Å². The van der Waals surface area contributed by atoms with Gasteiger partial charge in [0, 0.05) is 11.8 Å². The van der Waals surface area contributed by atoms with Crippen LogP contribution in [0, 0.1) is 11.8 Å². The first-order chi connectivity index (χ1) is 15.7. The predicted molar refractivity (Wildman–Crippen MR) is 117 cm³/mol. The monoisotopic (exact) mass is 423 g/mol. The molecule has 7 rings (SSSR count). The molecular formula is C27H21NO4. The van der Waals surface area contributed by atoms with E-state index in [2.05, 4.69) is 24.3 Å². The highest BCUT2D eigenvalue weighted by Gasteiger charge is 2.61. The zero-order valence-electron chi connectivity index (χ0n) is 17.3. The maximum atomic E-state index is 13.5. The molecule has 2 bridgehead atoms. The molecule has 0 spiro atoms. The van der Waals surface area contributed by atoms with Crippen LogP contribution in [-0.4, -0.2) is 35.8 Å². The lowest BCUT2D eigenvalue weighted by Gasteiger charge is -2.45. The van der Waals surface area contributed by atoms with Crippen LogP contribution in [0.5, 0.6) is 0 Å². The molecule has 0 radical (unpaired) electrons. The smallest absolute Gasteiger partial charge is 0.338 e. The third kappa shape index (κ3) is 2.60. The van der Waals surface area contributed by atoms with E-state index in [-0.39, 0.29) is 36.8 Å². The lowest BCUT2D eigenvalue weighted by atomic mass is 9.55. The van der Waals surface area contributed by atoms with Gasteiger partial charge in [-0.25, -0.2) is 4.79 Å². The zero-order valence-corrected chi connectivity index (χ0v) is 17.3. The van der Waals surface area contributed by atoms with E-state index >= 15 is 0 Å². The predicted octanol–water partition coefficient (Wildman–Crippen LogP) is 3.74. The maximum absolute atomic E-state index is 13.5. The van der Waals surface area contributed by atoms with Gasteiger partial charge in [-0.05, 0) is 34.4 Å². The van der Waals surface area contributed by atoms with Crippen LogP contribution in [0.25, 0.3) is 0 Å². The van der Waals surface area contributed by atoms with Crippen LogP contribution in [0.15, 0.2) is 78.9 Å². The number of carbonyl (C=O) groups excluding carboxylic acids is 3. The molecule has 2 amide bonds.